The van der Waals surface area contributed by atoms with Crippen LogP contribution in [0, 0.1) is 5.92 Å². The molecule has 1 aromatic heterocycles. The van der Waals surface area contributed by atoms with Crippen molar-refractivity contribution in [3.8, 4) is 0 Å². The molecular weight excluding hydrogens is 290 g/mol. The standard InChI is InChI=1S/C18H31N3O2/c1-5-7-14(8-6-2)18(22)20-15-10-12-23-17(15)16-9-11-19-21(16)13(3)4/h9,11,13-15,17H,5-8,10,12H2,1-4H3,(H,20,22)/t15-,17-/m0/s1. The first kappa shape index (κ1) is 18.0. The number of ether oxygens (including phenoxy) is 1. The van der Waals surface area contributed by atoms with Crippen molar-refractivity contribution in [1.29, 1.82) is 0 Å². The zero-order chi connectivity index (χ0) is 16.8. The van der Waals surface area contributed by atoms with Gasteiger partial charge >= 0.3 is 0 Å². The molecule has 1 aliphatic heterocycles. The molecule has 0 spiro atoms. The second-order valence-corrected chi connectivity index (χ2v) is 6.76. The third-order valence-electron chi connectivity index (χ3n) is 4.55. The molecule has 0 bridgehead atoms. The van der Waals surface area contributed by atoms with Crippen LogP contribution in [0.2, 0.25) is 0 Å². The Bertz CT molecular complexity index is 492. The van der Waals surface area contributed by atoms with E-state index < -0.39 is 0 Å². The normalized spacial score (nSPS) is 21.3. The zero-order valence-corrected chi connectivity index (χ0v) is 14.9. The van der Waals surface area contributed by atoms with Crippen LogP contribution in [0.25, 0.3) is 0 Å². The van der Waals surface area contributed by atoms with Gasteiger partial charge < -0.3 is 10.1 Å². The van der Waals surface area contributed by atoms with E-state index in [9.17, 15) is 4.79 Å². The van der Waals surface area contributed by atoms with E-state index in [4.69, 9.17) is 4.74 Å². The molecule has 0 aliphatic carbocycles. The molecule has 5 heteroatoms. The summed E-state index contributed by atoms with van der Waals surface area (Å²) in [6.45, 7) is 9.18. The molecule has 130 valence electrons. The van der Waals surface area contributed by atoms with Gasteiger partial charge in [0.2, 0.25) is 5.91 Å². The predicted octanol–water partition coefficient (Wildman–Crippen LogP) is 3.63. The van der Waals surface area contributed by atoms with Crippen LogP contribution in [0.3, 0.4) is 0 Å². The van der Waals surface area contributed by atoms with Crippen LogP contribution in [0.15, 0.2) is 12.3 Å². The molecule has 1 aromatic rings. The number of amides is 1. The lowest BCUT2D eigenvalue weighted by Crippen LogP contribution is -2.41. The Morgan fingerprint density at radius 1 is 1.39 bits per heavy atom. The number of nitrogens with one attached hydrogen (secondary N) is 1. The van der Waals surface area contributed by atoms with E-state index in [0.717, 1.165) is 37.8 Å². The summed E-state index contributed by atoms with van der Waals surface area (Å²) in [6, 6.07) is 2.34. The van der Waals surface area contributed by atoms with E-state index in [-0.39, 0.29) is 30.0 Å². The van der Waals surface area contributed by atoms with Gasteiger partial charge in [-0.25, -0.2) is 0 Å². The van der Waals surface area contributed by atoms with Gasteiger partial charge in [-0.05, 0) is 39.2 Å². The molecule has 2 heterocycles. The van der Waals surface area contributed by atoms with E-state index in [1.54, 1.807) is 0 Å². The first-order valence-electron chi connectivity index (χ1n) is 9.03. The average molecular weight is 321 g/mol. The van der Waals surface area contributed by atoms with Crippen molar-refractivity contribution in [2.75, 3.05) is 6.61 Å². The fraction of sp³-hybridized carbons (Fsp3) is 0.778. The highest BCUT2D eigenvalue weighted by Crippen LogP contribution is 2.31. The Morgan fingerprint density at radius 3 is 2.70 bits per heavy atom. The van der Waals surface area contributed by atoms with Crippen molar-refractivity contribution >= 4 is 5.91 Å². The predicted molar refractivity (Wildman–Crippen MR) is 91.2 cm³/mol. The number of rotatable bonds is 8. The largest absolute Gasteiger partial charge is 0.370 e. The minimum atomic E-state index is -0.0900. The molecular formula is C18H31N3O2. The maximum absolute atomic E-state index is 12.6. The Balaban J connectivity index is 2.06. The van der Waals surface area contributed by atoms with Crippen molar-refractivity contribution in [3.05, 3.63) is 18.0 Å². The summed E-state index contributed by atoms with van der Waals surface area (Å²) in [5, 5.41) is 7.64. The van der Waals surface area contributed by atoms with Crippen molar-refractivity contribution in [2.45, 2.75) is 78.0 Å². The molecule has 1 saturated heterocycles. The third-order valence-corrected chi connectivity index (χ3v) is 4.55. The summed E-state index contributed by atoms with van der Waals surface area (Å²) < 4.78 is 7.92. The van der Waals surface area contributed by atoms with Gasteiger partial charge in [0, 0.05) is 24.8 Å². The summed E-state index contributed by atoms with van der Waals surface area (Å²) in [7, 11) is 0. The van der Waals surface area contributed by atoms with E-state index in [1.165, 1.54) is 0 Å². The molecule has 0 saturated carbocycles. The van der Waals surface area contributed by atoms with Crippen molar-refractivity contribution in [2.24, 2.45) is 5.92 Å². The van der Waals surface area contributed by atoms with Crippen molar-refractivity contribution < 1.29 is 9.53 Å². The van der Waals surface area contributed by atoms with Crippen LogP contribution in [0.5, 0.6) is 0 Å². The first-order valence-corrected chi connectivity index (χ1v) is 9.03. The number of nitrogens with zero attached hydrogens (tertiary/aromatic N) is 2. The number of carbonyl (C=O) groups excluding carboxylic acids is 1. The lowest BCUT2D eigenvalue weighted by Gasteiger charge is -2.24. The monoisotopic (exact) mass is 321 g/mol. The van der Waals surface area contributed by atoms with Gasteiger partial charge in [-0.2, -0.15) is 5.10 Å². The number of hydrogen-bond donors (Lipinski definition) is 1. The van der Waals surface area contributed by atoms with Gasteiger partial charge in [-0.15, -0.1) is 0 Å². The van der Waals surface area contributed by atoms with E-state index in [1.807, 2.05) is 16.9 Å². The second-order valence-electron chi connectivity index (χ2n) is 6.76. The number of hydrogen-bond acceptors (Lipinski definition) is 3. The molecule has 23 heavy (non-hydrogen) atoms. The Morgan fingerprint density at radius 2 is 2.09 bits per heavy atom. The SMILES string of the molecule is CCCC(CCC)C(=O)N[C@H]1CCO[C@@H]1c1ccnn1C(C)C. The highest BCUT2D eigenvalue weighted by molar-refractivity contribution is 5.79. The maximum Gasteiger partial charge on any atom is 0.223 e. The molecule has 1 fully saturated rings. The van der Waals surface area contributed by atoms with Gasteiger partial charge in [-0.3, -0.25) is 9.48 Å². The van der Waals surface area contributed by atoms with E-state index >= 15 is 0 Å². The number of aromatic nitrogens is 2. The Kier molecular flexibility index (Phi) is 6.63. The van der Waals surface area contributed by atoms with Gasteiger partial charge in [-0.1, -0.05) is 26.7 Å². The van der Waals surface area contributed by atoms with Crippen LogP contribution in [-0.2, 0) is 9.53 Å². The van der Waals surface area contributed by atoms with Crippen LogP contribution < -0.4 is 5.32 Å². The highest BCUT2D eigenvalue weighted by atomic mass is 16.5. The van der Waals surface area contributed by atoms with Gasteiger partial charge in [0.25, 0.3) is 0 Å². The van der Waals surface area contributed by atoms with Crippen LogP contribution >= 0.6 is 0 Å². The fourth-order valence-electron chi connectivity index (χ4n) is 3.41. The molecule has 2 rings (SSSR count). The highest BCUT2D eigenvalue weighted by Gasteiger charge is 2.34. The summed E-state index contributed by atoms with van der Waals surface area (Å²) in [5.74, 6) is 0.311. The van der Waals surface area contributed by atoms with E-state index in [0.29, 0.717) is 6.61 Å². The van der Waals surface area contributed by atoms with Gasteiger partial charge in [0.15, 0.2) is 0 Å². The minimum Gasteiger partial charge on any atom is -0.370 e. The first-order chi connectivity index (χ1) is 11.1. The second kappa shape index (κ2) is 8.48. The summed E-state index contributed by atoms with van der Waals surface area (Å²) in [4.78, 5) is 12.6. The van der Waals surface area contributed by atoms with Gasteiger partial charge in [0.05, 0.1) is 11.7 Å². The Labute approximate surface area is 139 Å². The Hall–Kier alpha value is -1.36. The minimum absolute atomic E-state index is 0.0490. The summed E-state index contributed by atoms with van der Waals surface area (Å²) in [6.07, 6.45) is 6.60. The zero-order valence-electron chi connectivity index (χ0n) is 14.9. The average Bonchev–Trinajstić information content (AvgIpc) is 3.15. The number of carbonyl (C=O) groups is 1. The molecule has 1 amide bonds. The lowest BCUT2D eigenvalue weighted by molar-refractivity contribution is -0.126. The maximum atomic E-state index is 12.6. The molecule has 5 nitrogen and oxygen atoms in total. The third kappa shape index (κ3) is 4.34. The molecule has 0 radical (unpaired) electrons. The molecule has 0 aromatic carbocycles. The molecule has 1 aliphatic rings. The lowest BCUT2D eigenvalue weighted by atomic mass is 9.96. The van der Waals surface area contributed by atoms with Crippen molar-refractivity contribution in [3.63, 3.8) is 0 Å². The summed E-state index contributed by atoms with van der Waals surface area (Å²) in [5.41, 5.74) is 1.06. The van der Waals surface area contributed by atoms with Crippen LogP contribution in [-0.4, -0.2) is 28.3 Å². The fourth-order valence-corrected chi connectivity index (χ4v) is 3.41. The van der Waals surface area contributed by atoms with E-state index in [2.05, 4.69) is 38.1 Å². The quantitative estimate of drug-likeness (QED) is 0.795. The topological polar surface area (TPSA) is 56.1 Å². The molecule has 0 unspecified atom stereocenters. The van der Waals surface area contributed by atoms with Gasteiger partial charge in [0.1, 0.15) is 6.10 Å². The van der Waals surface area contributed by atoms with Crippen LogP contribution in [0.4, 0.5) is 0 Å². The smallest absolute Gasteiger partial charge is 0.223 e. The molecule has 1 N–H and O–H groups in total. The molecule has 2 atom stereocenters. The van der Waals surface area contributed by atoms with Crippen LogP contribution in [0.1, 0.15) is 77.6 Å². The summed E-state index contributed by atoms with van der Waals surface area (Å²) >= 11 is 0. The van der Waals surface area contributed by atoms with Crippen molar-refractivity contribution in [1.82, 2.24) is 15.1 Å².